The quantitative estimate of drug-likeness (QED) is 0.451. The zero-order valence-electron chi connectivity index (χ0n) is 5.54. The van der Waals surface area contributed by atoms with E-state index in [0.717, 1.165) is 0 Å². The molecule has 0 aliphatic carbocycles. The third-order valence-electron chi connectivity index (χ3n) is 0.348. The second-order valence-corrected chi connectivity index (χ2v) is 1.37. The van der Waals surface area contributed by atoms with Crippen LogP contribution in [-0.2, 0) is 9.09 Å². The molecule has 0 rings (SSSR count). The summed E-state index contributed by atoms with van der Waals surface area (Å²) in [7, 11) is -0.220. The van der Waals surface area contributed by atoms with Crippen molar-refractivity contribution in [2.75, 3.05) is 6.61 Å². The Hall–Kier alpha value is -0.460. The molecule has 0 spiro atoms. The molecule has 0 bridgehead atoms. The van der Waals surface area contributed by atoms with Crippen molar-refractivity contribution in [2.45, 2.75) is 6.92 Å². The molecule has 0 radical (unpaired) electrons. The maximum Gasteiger partial charge on any atom is 0.327 e. The first-order chi connectivity index (χ1) is 4.33. The van der Waals surface area contributed by atoms with Gasteiger partial charge in [-0.1, -0.05) is 25.3 Å². The second kappa shape index (κ2) is 15.6. The van der Waals surface area contributed by atoms with Gasteiger partial charge in [0.15, 0.2) is 0 Å². The van der Waals surface area contributed by atoms with E-state index in [2.05, 4.69) is 17.7 Å². The summed E-state index contributed by atoms with van der Waals surface area (Å²) in [5, 5.41) is 0. The molecule has 0 N–H and O–H groups in total. The van der Waals surface area contributed by atoms with Crippen molar-refractivity contribution in [1.82, 2.24) is 0 Å². The average molecular weight is 146 g/mol. The van der Waals surface area contributed by atoms with Crippen LogP contribution in [0, 0.1) is 0 Å². The number of rotatable bonds is 3. The molecule has 0 heterocycles. The van der Waals surface area contributed by atoms with E-state index in [4.69, 9.17) is 0 Å². The monoisotopic (exact) mass is 146 g/mol. The predicted molar refractivity (Wildman–Crippen MR) is 39.6 cm³/mol. The lowest BCUT2D eigenvalue weighted by Crippen LogP contribution is -1.65. The summed E-state index contributed by atoms with van der Waals surface area (Å²) in [4.78, 5) is 0. The largest absolute Gasteiger partial charge is 0.327 e. The highest BCUT2D eigenvalue weighted by molar-refractivity contribution is 7.17. The number of allylic oxidation sites excluding steroid dienone is 2. The van der Waals surface area contributed by atoms with Crippen LogP contribution in [0.1, 0.15) is 6.92 Å². The fraction of sp³-hybridized carbons (Fsp3) is 0.333. The van der Waals surface area contributed by atoms with Crippen LogP contribution >= 0.6 is 8.69 Å². The lowest BCUT2D eigenvalue weighted by atomic mass is 10.6. The van der Waals surface area contributed by atoms with Crippen LogP contribution in [0.15, 0.2) is 25.3 Å². The smallest absolute Gasteiger partial charge is 0.295 e. The fourth-order valence-electron chi connectivity index (χ4n) is 0.0527. The molecule has 0 atom stereocenters. The molecular weight excluding hydrogens is 135 g/mol. The van der Waals surface area contributed by atoms with E-state index >= 15 is 0 Å². The Balaban J connectivity index is 0. The van der Waals surface area contributed by atoms with E-state index < -0.39 is 0 Å². The molecule has 9 heavy (non-hydrogen) atoms. The molecule has 0 aromatic carbocycles. The van der Waals surface area contributed by atoms with E-state index in [1.54, 1.807) is 19.1 Å². The molecule has 0 amide bonds. The summed E-state index contributed by atoms with van der Waals surface area (Å²) in [6.07, 6.45) is 3.28. The van der Waals surface area contributed by atoms with Gasteiger partial charge >= 0.3 is 8.69 Å². The Morgan fingerprint density at radius 1 is 1.56 bits per heavy atom. The van der Waals surface area contributed by atoms with E-state index in [9.17, 15) is 4.57 Å². The molecule has 2 nitrogen and oxygen atoms in total. The average Bonchev–Trinajstić information content (AvgIpc) is 1.91. The van der Waals surface area contributed by atoms with Crippen LogP contribution < -0.4 is 0 Å². The van der Waals surface area contributed by atoms with Crippen LogP contribution in [0.2, 0.25) is 0 Å². The Morgan fingerprint density at radius 3 is 2.00 bits per heavy atom. The predicted octanol–water partition coefficient (Wildman–Crippen LogP) is 2.59. The SMILES string of the molecule is C=CC=C.CCOP=O. The van der Waals surface area contributed by atoms with E-state index in [0.29, 0.717) is 6.61 Å². The molecule has 0 aromatic heterocycles. The molecule has 0 aliphatic heterocycles. The second-order valence-electron chi connectivity index (χ2n) is 0.964. The number of hydrogen-bond acceptors (Lipinski definition) is 2. The van der Waals surface area contributed by atoms with Gasteiger partial charge in [0.1, 0.15) is 0 Å². The molecule has 0 aromatic rings. The van der Waals surface area contributed by atoms with Gasteiger partial charge in [0.05, 0.1) is 6.61 Å². The maximum absolute atomic E-state index is 9.28. The lowest BCUT2D eigenvalue weighted by Gasteiger charge is -1.72. The van der Waals surface area contributed by atoms with Gasteiger partial charge in [-0.15, -0.1) is 0 Å². The Kier molecular flexibility index (Phi) is 19.7. The van der Waals surface area contributed by atoms with Crippen molar-refractivity contribution in [3.63, 3.8) is 0 Å². The third-order valence-corrected chi connectivity index (χ3v) is 0.712. The van der Waals surface area contributed by atoms with Crippen LogP contribution in [0.5, 0.6) is 0 Å². The first-order valence-electron chi connectivity index (χ1n) is 2.51. The molecular formula is C6H11O2P. The van der Waals surface area contributed by atoms with Gasteiger partial charge in [-0.25, -0.2) is 4.57 Å². The molecule has 0 fully saturated rings. The van der Waals surface area contributed by atoms with Gasteiger partial charge in [-0.05, 0) is 6.92 Å². The lowest BCUT2D eigenvalue weighted by molar-refractivity contribution is 0.365. The van der Waals surface area contributed by atoms with Gasteiger partial charge in [0, 0.05) is 0 Å². The van der Waals surface area contributed by atoms with Gasteiger partial charge in [0.25, 0.3) is 0 Å². The molecule has 0 saturated heterocycles. The van der Waals surface area contributed by atoms with Crippen molar-refractivity contribution >= 4 is 8.69 Å². The summed E-state index contributed by atoms with van der Waals surface area (Å²) >= 11 is 0. The Bertz CT molecular complexity index is 75.1. The highest BCUT2D eigenvalue weighted by Crippen LogP contribution is 1.89. The summed E-state index contributed by atoms with van der Waals surface area (Å²) in [6.45, 7) is 9.02. The van der Waals surface area contributed by atoms with Crippen LogP contribution in [-0.4, -0.2) is 6.61 Å². The van der Waals surface area contributed by atoms with Crippen molar-refractivity contribution in [3.05, 3.63) is 25.3 Å². The van der Waals surface area contributed by atoms with Gasteiger partial charge in [-0.2, -0.15) is 0 Å². The molecule has 0 saturated carbocycles. The minimum Gasteiger partial charge on any atom is -0.295 e. The van der Waals surface area contributed by atoms with Crippen molar-refractivity contribution in [2.24, 2.45) is 0 Å². The zero-order chi connectivity index (χ0) is 7.54. The molecule has 0 aliphatic rings. The van der Waals surface area contributed by atoms with Crippen molar-refractivity contribution in [3.8, 4) is 0 Å². The van der Waals surface area contributed by atoms with Gasteiger partial charge in [0.2, 0.25) is 0 Å². The minimum atomic E-state index is -0.220. The number of hydrogen-bond donors (Lipinski definition) is 0. The van der Waals surface area contributed by atoms with Crippen LogP contribution in [0.4, 0.5) is 0 Å². The minimum absolute atomic E-state index is 0.220. The third kappa shape index (κ3) is 35.9. The fourth-order valence-corrected chi connectivity index (χ4v) is 0.158. The Morgan fingerprint density at radius 2 is 2.00 bits per heavy atom. The van der Waals surface area contributed by atoms with Gasteiger partial charge in [-0.3, -0.25) is 4.52 Å². The summed E-state index contributed by atoms with van der Waals surface area (Å²) < 4.78 is 13.5. The van der Waals surface area contributed by atoms with E-state index in [1.165, 1.54) is 0 Å². The highest BCUT2D eigenvalue weighted by Gasteiger charge is 1.65. The van der Waals surface area contributed by atoms with Crippen molar-refractivity contribution in [1.29, 1.82) is 0 Å². The molecule has 0 unspecified atom stereocenters. The topological polar surface area (TPSA) is 26.3 Å². The highest BCUT2D eigenvalue weighted by atomic mass is 31.1. The Labute approximate surface area is 57.5 Å². The molecule has 3 heteroatoms. The maximum atomic E-state index is 9.28. The van der Waals surface area contributed by atoms with E-state index in [-0.39, 0.29) is 8.69 Å². The van der Waals surface area contributed by atoms with Crippen LogP contribution in [0.25, 0.3) is 0 Å². The molecule has 52 valence electrons. The summed E-state index contributed by atoms with van der Waals surface area (Å²) in [5.74, 6) is 0. The summed E-state index contributed by atoms with van der Waals surface area (Å²) in [6, 6.07) is 0. The normalized spacial score (nSPS) is 7.22. The standard InChI is InChI=1S/C4H6.C2H5O2P/c1-3-4-2;1-2-4-5-3/h3-4H,1-2H2;2H2,1H3. The van der Waals surface area contributed by atoms with Crippen molar-refractivity contribution < 1.29 is 9.09 Å². The van der Waals surface area contributed by atoms with E-state index in [1.807, 2.05) is 0 Å². The first kappa shape index (κ1) is 11.4. The first-order valence-corrected chi connectivity index (χ1v) is 3.24. The zero-order valence-corrected chi connectivity index (χ0v) is 6.43. The van der Waals surface area contributed by atoms with Gasteiger partial charge < -0.3 is 0 Å². The van der Waals surface area contributed by atoms with Crippen LogP contribution in [0.3, 0.4) is 0 Å². The summed E-state index contributed by atoms with van der Waals surface area (Å²) in [5.41, 5.74) is 0.